The molecule has 0 fully saturated rings. The number of nitrogens with one attached hydrogen (secondary N) is 1. The quantitative estimate of drug-likeness (QED) is 0.794. The summed E-state index contributed by atoms with van der Waals surface area (Å²) in [4.78, 5) is 11.4. The van der Waals surface area contributed by atoms with Gasteiger partial charge in [-0.15, -0.1) is 0 Å². The fraction of sp³-hybridized carbons (Fsp3) is 0.417. The van der Waals surface area contributed by atoms with Crippen LogP contribution in [0.15, 0.2) is 18.2 Å². The average Bonchev–Trinajstić information content (AvgIpc) is 2.30. The van der Waals surface area contributed by atoms with Gasteiger partial charge in [-0.25, -0.2) is 0 Å². The summed E-state index contributed by atoms with van der Waals surface area (Å²) in [6.07, 6.45) is 0.888. The molecule has 1 amide bonds. The molecule has 0 aromatic heterocycles. The van der Waals surface area contributed by atoms with Gasteiger partial charge in [0.1, 0.15) is 5.75 Å². The molecule has 1 atom stereocenters. The summed E-state index contributed by atoms with van der Waals surface area (Å²) in [7, 11) is 0. The predicted molar refractivity (Wildman–Crippen MR) is 69.3 cm³/mol. The Bertz CT molecular complexity index is 396. The lowest BCUT2D eigenvalue weighted by atomic mass is 10.2. The van der Waals surface area contributed by atoms with E-state index in [1.165, 1.54) is 0 Å². The van der Waals surface area contributed by atoms with E-state index in [2.05, 4.69) is 5.32 Å². The zero-order valence-corrected chi connectivity index (χ0v) is 10.8. The van der Waals surface area contributed by atoms with Crippen LogP contribution >= 0.6 is 11.6 Å². The topological polar surface area (TPSA) is 64.3 Å². The van der Waals surface area contributed by atoms with E-state index in [0.29, 0.717) is 16.5 Å². The third-order valence-electron chi connectivity index (χ3n) is 2.36. The number of benzene rings is 1. The number of halogens is 1. The summed E-state index contributed by atoms with van der Waals surface area (Å²) in [5, 5.41) is 3.23. The minimum absolute atomic E-state index is 0.0232. The molecule has 0 bridgehead atoms. The number of ether oxygens (including phenoxy) is 1. The number of carbonyl (C=O) groups is 1. The van der Waals surface area contributed by atoms with E-state index in [1.54, 1.807) is 18.2 Å². The molecule has 94 valence electrons. The molecule has 0 aliphatic heterocycles. The van der Waals surface area contributed by atoms with Crippen LogP contribution in [0.25, 0.3) is 0 Å². The Morgan fingerprint density at radius 1 is 1.59 bits per heavy atom. The summed E-state index contributed by atoms with van der Waals surface area (Å²) in [6.45, 7) is 3.92. The Morgan fingerprint density at radius 3 is 2.88 bits per heavy atom. The second-order valence-corrected chi connectivity index (χ2v) is 4.26. The van der Waals surface area contributed by atoms with Gasteiger partial charge in [0.15, 0.2) is 6.61 Å². The van der Waals surface area contributed by atoms with Gasteiger partial charge in [0, 0.05) is 12.1 Å². The molecule has 3 N–H and O–H groups in total. The lowest BCUT2D eigenvalue weighted by Gasteiger charge is -2.12. The van der Waals surface area contributed by atoms with Crippen LogP contribution in [0.3, 0.4) is 0 Å². The molecule has 5 heteroatoms. The van der Waals surface area contributed by atoms with E-state index in [1.807, 2.05) is 13.8 Å². The summed E-state index contributed by atoms with van der Waals surface area (Å²) in [5.74, 6) is 0.385. The molecule has 17 heavy (non-hydrogen) atoms. The Labute approximate surface area is 106 Å². The zero-order chi connectivity index (χ0) is 12.8. The van der Waals surface area contributed by atoms with Gasteiger partial charge in [-0.1, -0.05) is 18.5 Å². The summed E-state index contributed by atoms with van der Waals surface area (Å²) in [5.41, 5.74) is 6.05. The molecule has 1 rings (SSSR count). The van der Waals surface area contributed by atoms with Crippen LogP contribution in [0.2, 0.25) is 5.02 Å². The fourth-order valence-electron chi connectivity index (χ4n) is 1.17. The van der Waals surface area contributed by atoms with Gasteiger partial charge in [0.2, 0.25) is 0 Å². The molecule has 0 saturated heterocycles. The van der Waals surface area contributed by atoms with Crippen molar-refractivity contribution in [3.8, 4) is 5.75 Å². The van der Waals surface area contributed by atoms with Crippen molar-refractivity contribution in [3.63, 3.8) is 0 Å². The molecule has 0 aliphatic rings. The van der Waals surface area contributed by atoms with Crippen LogP contribution in [0.1, 0.15) is 20.3 Å². The lowest BCUT2D eigenvalue weighted by molar-refractivity contribution is -0.123. The second kappa shape index (κ2) is 6.35. The molecular weight excluding hydrogens is 240 g/mol. The number of hydrogen-bond donors (Lipinski definition) is 2. The van der Waals surface area contributed by atoms with Gasteiger partial charge in [-0.3, -0.25) is 4.79 Å². The maximum atomic E-state index is 11.4. The first-order valence-corrected chi connectivity index (χ1v) is 5.88. The van der Waals surface area contributed by atoms with E-state index in [-0.39, 0.29) is 18.6 Å². The van der Waals surface area contributed by atoms with Crippen molar-refractivity contribution in [2.24, 2.45) is 0 Å². The molecule has 0 aliphatic carbocycles. The van der Waals surface area contributed by atoms with Gasteiger partial charge < -0.3 is 15.8 Å². The molecular formula is C12H17ClN2O2. The van der Waals surface area contributed by atoms with Gasteiger partial charge >= 0.3 is 0 Å². The van der Waals surface area contributed by atoms with Crippen LogP contribution in [0.5, 0.6) is 5.75 Å². The van der Waals surface area contributed by atoms with E-state index < -0.39 is 0 Å². The number of amides is 1. The SMILES string of the molecule is CCC(C)NC(=O)COc1ccc(N)c(Cl)c1. The molecule has 0 heterocycles. The number of carbonyl (C=O) groups excluding carboxylic acids is 1. The van der Waals surface area contributed by atoms with Crippen molar-refractivity contribution in [2.75, 3.05) is 12.3 Å². The minimum atomic E-state index is -0.146. The van der Waals surface area contributed by atoms with Gasteiger partial charge in [0.05, 0.1) is 10.7 Å². The first-order chi connectivity index (χ1) is 8.02. The summed E-state index contributed by atoms with van der Waals surface area (Å²) >= 11 is 5.83. The average molecular weight is 257 g/mol. The number of nitrogen functional groups attached to an aromatic ring is 1. The zero-order valence-electron chi connectivity index (χ0n) is 10.00. The molecule has 4 nitrogen and oxygen atoms in total. The number of rotatable bonds is 5. The Kier molecular flexibility index (Phi) is 5.10. The Morgan fingerprint density at radius 2 is 2.29 bits per heavy atom. The van der Waals surface area contributed by atoms with Crippen LogP contribution in [-0.2, 0) is 4.79 Å². The van der Waals surface area contributed by atoms with Crippen LogP contribution in [-0.4, -0.2) is 18.6 Å². The summed E-state index contributed by atoms with van der Waals surface area (Å²) < 4.78 is 5.30. The molecule has 1 unspecified atom stereocenters. The fourth-order valence-corrected chi connectivity index (χ4v) is 1.34. The van der Waals surface area contributed by atoms with E-state index in [4.69, 9.17) is 22.1 Å². The van der Waals surface area contributed by atoms with Crippen LogP contribution in [0, 0.1) is 0 Å². The van der Waals surface area contributed by atoms with E-state index in [9.17, 15) is 4.79 Å². The van der Waals surface area contributed by atoms with Crippen molar-refractivity contribution < 1.29 is 9.53 Å². The number of nitrogens with two attached hydrogens (primary N) is 1. The number of hydrogen-bond acceptors (Lipinski definition) is 3. The highest BCUT2D eigenvalue weighted by Gasteiger charge is 2.06. The lowest BCUT2D eigenvalue weighted by Crippen LogP contribution is -2.35. The molecule has 0 saturated carbocycles. The van der Waals surface area contributed by atoms with Gasteiger partial charge in [-0.05, 0) is 25.5 Å². The summed E-state index contributed by atoms with van der Waals surface area (Å²) in [6, 6.07) is 5.07. The highest BCUT2D eigenvalue weighted by atomic mass is 35.5. The smallest absolute Gasteiger partial charge is 0.258 e. The predicted octanol–water partition coefficient (Wildman–Crippen LogP) is 2.22. The highest BCUT2D eigenvalue weighted by molar-refractivity contribution is 6.33. The maximum Gasteiger partial charge on any atom is 0.258 e. The molecule has 1 aromatic rings. The van der Waals surface area contributed by atoms with Gasteiger partial charge in [-0.2, -0.15) is 0 Å². The van der Waals surface area contributed by atoms with Crippen molar-refractivity contribution in [1.29, 1.82) is 0 Å². The molecule has 1 aromatic carbocycles. The molecule has 0 spiro atoms. The Balaban J connectivity index is 2.45. The van der Waals surface area contributed by atoms with Crippen molar-refractivity contribution >= 4 is 23.2 Å². The third-order valence-corrected chi connectivity index (χ3v) is 2.69. The Hall–Kier alpha value is -1.42. The maximum absolute atomic E-state index is 11.4. The first-order valence-electron chi connectivity index (χ1n) is 5.50. The second-order valence-electron chi connectivity index (χ2n) is 3.85. The van der Waals surface area contributed by atoms with Gasteiger partial charge in [0.25, 0.3) is 5.91 Å². The number of anilines is 1. The normalized spacial score (nSPS) is 11.9. The standard InChI is InChI=1S/C12H17ClN2O2/c1-3-8(2)15-12(16)7-17-9-4-5-11(14)10(13)6-9/h4-6,8H,3,7,14H2,1-2H3,(H,15,16). The van der Waals surface area contributed by atoms with Crippen LogP contribution in [0.4, 0.5) is 5.69 Å². The monoisotopic (exact) mass is 256 g/mol. The van der Waals surface area contributed by atoms with Crippen LogP contribution < -0.4 is 15.8 Å². The first kappa shape index (κ1) is 13.6. The largest absolute Gasteiger partial charge is 0.484 e. The minimum Gasteiger partial charge on any atom is -0.484 e. The highest BCUT2D eigenvalue weighted by Crippen LogP contribution is 2.23. The van der Waals surface area contributed by atoms with E-state index >= 15 is 0 Å². The third kappa shape index (κ3) is 4.53. The van der Waals surface area contributed by atoms with Crippen molar-refractivity contribution in [3.05, 3.63) is 23.2 Å². The van der Waals surface area contributed by atoms with Crippen molar-refractivity contribution in [2.45, 2.75) is 26.3 Å². The van der Waals surface area contributed by atoms with E-state index in [0.717, 1.165) is 6.42 Å². The molecule has 0 radical (unpaired) electrons. The van der Waals surface area contributed by atoms with Crippen molar-refractivity contribution in [1.82, 2.24) is 5.32 Å².